The normalized spacial score (nSPS) is 10.6. The average molecular weight is 625 g/mol. The molecule has 0 N–H and O–H groups in total. The van der Waals surface area contributed by atoms with Crippen LogP contribution in [0.2, 0.25) is 0 Å². The number of halogens is 2. The Balaban J connectivity index is 0.000000370. The fourth-order valence-electron chi connectivity index (χ4n) is 1.45. The zero-order valence-electron chi connectivity index (χ0n) is 11.1. The molecule has 0 amide bonds. The zero-order chi connectivity index (χ0) is 15.0. The van der Waals surface area contributed by atoms with Gasteiger partial charge in [0.2, 0.25) is 0 Å². The molecular weight excluding hydrogens is 611 g/mol. The second-order valence-electron chi connectivity index (χ2n) is 3.94. The third-order valence-electron chi connectivity index (χ3n) is 2.49. The second kappa shape index (κ2) is 11.8. The molecule has 0 radical (unpaired) electrons. The smallest absolute Gasteiger partial charge is 0.780 e. The first-order chi connectivity index (χ1) is 9.58. The van der Waals surface area contributed by atoms with Crippen LogP contribution in [0.3, 0.4) is 0 Å². The molecule has 5 heteroatoms. The molecular formula is C16H14Br2PtS2. The monoisotopic (exact) mass is 623 g/mol. The fourth-order valence-corrected chi connectivity index (χ4v) is 2.55. The van der Waals surface area contributed by atoms with Crippen molar-refractivity contribution >= 4 is 63.2 Å². The quantitative estimate of drug-likeness (QED) is 0.320. The predicted octanol–water partition coefficient (Wildman–Crippen LogP) is 5.66. The topological polar surface area (TPSA) is 0 Å². The molecule has 21 heavy (non-hydrogen) atoms. The van der Waals surface area contributed by atoms with E-state index >= 15 is 0 Å². The molecule has 1 unspecified atom stereocenters. The molecule has 1 atom stereocenters. The van der Waals surface area contributed by atoms with Crippen molar-refractivity contribution in [1.29, 1.82) is 0 Å². The van der Waals surface area contributed by atoms with Gasteiger partial charge in [0.15, 0.2) is 0 Å². The van der Waals surface area contributed by atoms with E-state index in [0.29, 0.717) is 4.83 Å². The Labute approximate surface area is 169 Å². The van der Waals surface area contributed by atoms with Crippen LogP contribution in [0.15, 0.2) is 64.9 Å². The molecule has 2 rings (SSSR count). The van der Waals surface area contributed by atoms with Crippen molar-refractivity contribution in [3.05, 3.63) is 66.2 Å². The molecule has 0 saturated carbocycles. The Kier molecular flexibility index (Phi) is 11.9. The van der Waals surface area contributed by atoms with Gasteiger partial charge in [-0.05, 0) is 11.1 Å². The van der Waals surface area contributed by atoms with Crippen molar-refractivity contribution in [3.63, 3.8) is 0 Å². The number of alkyl halides is 2. The maximum atomic E-state index is 5.03. The van der Waals surface area contributed by atoms with Gasteiger partial charge in [0, 0.05) is 10.2 Å². The van der Waals surface area contributed by atoms with Gasteiger partial charge < -0.3 is 25.3 Å². The van der Waals surface area contributed by atoms with Gasteiger partial charge in [-0.25, -0.2) is 0 Å². The van der Waals surface area contributed by atoms with E-state index in [-0.39, 0.29) is 21.1 Å². The molecule has 0 bridgehead atoms. The van der Waals surface area contributed by atoms with Crippen LogP contribution in [0.1, 0.15) is 16.0 Å². The molecule has 0 aliphatic carbocycles. The minimum atomic E-state index is 0. The van der Waals surface area contributed by atoms with Gasteiger partial charge in [-0.15, -0.1) is 0 Å². The van der Waals surface area contributed by atoms with E-state index in [2.05, 4.69) is 44.5 Å². The van der Waals surface area contributed by atoms with E-state index in [1.807, 2.05) is 42.5 Å². The van der Waals surface area contributed by atoms with Crippen molar-refractivity contribution in [2.45, 2.75) is 14.6 Å². The minimum Gasteiger partial charge on any atom is -0.780 e. The van der Waals surface area contributed by atoms with Crippen LogP contribution in [0.5, 0.6) is 0 Å². The standard InChI is InChI=1S/C8H8Br2S.C8H8S.Pt/c9-5-8(10)6-2-1-3-7(11)4-6;1-2-7-5-3-4-6-8(7)9;/h1-4,8,11H,5H2;2-6,9H,1H2;/q;;+2/p-2. The van der Waals surface area contributed by atoms with Gasteiger partial charge in [0.05, 0.1) is 0 Å². The van der Waals surface area contributed by atoms with Gasteiger partial charge in [0.25, 0.3) is 0 Å². The van der Waals surface area contributed by atoms with E-state index in [1.54, 1.807) is 6.08 Å². The van der Waals surface area contributed by atoms with Crippen molar-refractivity contribution < 1.29 is 21.1 Å². The van der Waals surface area contributed by atoms with Crippen LogP contribution >= 0.6 is 31.9 Å². The third kappa shape index (κ3) is 7.90. The molecule has 0 heterocycles. The largest absolute Gasteiger partial charge is 2.00 e. The molecule has 0 nitrogen and oxygen atoms in total. The number of hydrogen-bond acceptors (Lipinski definition) is 2. The van der Waals surface area contributed by atoms with Crippen LogP contribution in [0, 0.1) is 0 Å². The SMILES string of the molecule is C=Cc1ccccc1[S-].[Pt+2].[S-]c1cccc(C(Br)CBr)c1. The van der Waals surface area contributed by atoms with E-state index in [9.17, 15) is 0 Å². The maximum absolute atomic E-state index is 5.03. The summed E-state index contributed by atoms with van der Waals surface area (Å²) in [7, 11) is 0. The molecule has 0 aromatic heterocycles. The van der Waals surface area contributed by atoms with E-state index < -0.39 is 0 Å². The van der Waals surface area contributed by atoms with Crippen LogP contribution < -0.4 is 0 Å². The summed E-state index contributed by atoms with van der Waals surface area (Å²) in [5, 5.41) is 0.909. The van der Waals surface area contributed by atoms with Crippen LogP contribution in [0.25, 0.3) is 6.08 Å². The Morgan fingerprint density at radius 3 is 2.24 bits per heavy atom. The summed E-state index contributed by atoms with van der Waals surface area (Å²) in [6.45, 7) is 3.63. The third-order valence-corrected chi connectivity index (χ3v) is 5.49. The summed E-state index contributed by atoms with van der Waals surface area (Å²) in [5.74, 6) is 0. The fraction of sp³-hybridized carbons (Fsp3) is 0.125. The Morgan fingerprint density at radius 2 is 1.76 bits per heavy atom. The van der Waals surface area contributed by atoms with Crippen LogP contribution in [-0.2, 0) is 46.3 Å². The molecule has 0 saturated heterocycles. The molecule has 114 valence electrons. The summed E-state index contributed by atoms with van der Waals surface area (Å²) in [4.78, 5) is 2.13. The molecule has 0 aliphatic rings. The van der Waals surface area contributed by atoms with Crippen LogP contribution in [-0.4, -0.2) is 5.33 Å². The van der Waals surface area contributed by atoms with Crippen LogP contribution in [0.4, 0.5) is 0 Å². The Bertz CT molecular complexity index is 561. The van der Waals surface area contributed by atoms with Gasteiger partial charge >= 0.3 is 21.1 Å². The van der Waals surface area contributed by atoms with Crippen molar-refractivity contribution in [2.24, 2.45) is 0 Å². The minimum absolute atomic E-state index is 0. The summed E-state index contributed by atoms with van der Waals surface area (Å²) in [5.41, 5.74) is 2.27. The first-order valence-electron chi connectivity index (χ1n) is 5.94. The first-order valence-corrected chi connectivity index (χ1v) is 8.79. The summed E-state index contributed by atoms with van der Waals surface area (Å²) < 4.78 is 0. The first kappa shape index (κ1) is 21.3. The Morgan fingerprint density at radius 1 is 1.10 bits per heavy atom. The molecule has 0 spiro atoms. The van der Waals surface area contributed by atoms with Gasteiger partial charge in [-0.3, -0.25) is 0 Å². The molecule has 2 aromatic rings. The summed E-state index contributed by atoms with van der Waals surface area (Å²) >= 11 is 16.9. The van der Waals surface area contributed by atoms with Crippen molar-refractivity contribution in [1.82, 2.24) is 0 Å². The van der Waals surface area contributed by atoms with Crippen molar-refractivity contribution in [3.8, 4) is 0 Å². The number of hydrogen-bond donors (Lipinski definition) is 0. The zero-order valence-corrected chi connectivity index (χ0v) is 18.2. The van der Waals surface area contributed by atoms with E-state index in [4.69, 9.17) is 25.3 Å². The van der Waals surface area contributed by atoms with Gasteiger partial charge in [0.1, 0.15) is 0 Å². The molecule has 2 aromatic carbocycles. The van der Waals surface area contributed by atoms with Gasteiger partial charge in [-0.1, -0.05) is 93.0 Å². The predicted molar refractivity (Wildman–Crippen MR) is 99.7 cm³/mol. The van der Waals surface area contributed by atoms with E-state index in [1.165, 1.54) is 5.56 Å². The summed E-state index contributed by atoms with van der Waals surface area (Å²) in [6.07, 6.45) is 1.77. The Hall–Kier alpha value is 0.268. The number of benzene rings is 2. The average Bonchev–Trinajstić information content (AvgIpc) is 2.47. The molecule has 0 fully saturated rings. The van der Waals surface area contributed by atoms with Gasteiger partial charge in [-0.2, -0.15) is 9.79 Å². The second-order valence-corrected chi connectivity index (χ2v) is 6.60. The van der Waals surface area contributed by atoms with E-state index in [0.717, 1.165) is 20.7 Å². The summed E-state index contributed by atoms with van der Waals surface area (Å²) in [6, 6.07) is 15.7. The molecule has 0 aliphatic heterocycles. The number of rotatable bonds is 3. The van der Waals surface area contributed by atoms with Crippen molar-refractivity contribution in [2.75, 3.05) is 5.33 Å². The maximum Gasteiger partial charge on any atom is 2.00 e.